The molecule has 2 rings (SSSR count). The zero-order valence-electron chi connectivity index (χ0n) is 7.15. The average molecular weight is 269 g/mol. The molecule has 13 heavy (non-hydrogen) atoms. The van der Waals surface area contributed by atoms with Gasteiger partial charge in [0.2, 0.25) is 0 Å². The van der Waals surface area contributed by atoms with Gasteiger partial charge in [-0.05, 0) is 0 Å². The first-order valence-corrected chi connectivity index (χ1v) is 3.58. The van der Waals surface area contributed by atoms with Crippen LogP contribution in [-0.2, 0) is 26.2 Å². The van der Waals surface area contributed by atoms with Crippen LogP contribution in [0, 0.1) is 6.07 Å². The van der Waals surface area contributed by atoms with Gasteiger partial charge in [-0.1, -0.05) is 0 Å². The fourth-order valence-corrected chi connectivity index (χ4v) is 0.663. The van der Waals surface area contributed by atoms with Crippen LogP contribution in [0.2, 0.25) is 0 Å². The first-order chi connectivity index (χ1) is 5.50. The van der Waals surface area contributed by atoms with Crippen molar-refractivity contribution in [1.82, 2.24) is 0 Å². The Morgan fingerprint density at radius 3 is 1.46 bits per heavy atom. The second-order valence-corrected chi connectivity index (χ2v) is 2.04. The Bertz CT molecular complexity index is 196. The van der Waals surface area contributed by atoms with Gasteiger partial charge in [-0.25, -0.2) is 12.1 Å². The molecule has 0 bridgehead atoms. The third kappa shape index (κ3) is 9.66. The molecule has 0 heterocycles. The van der Waals surface area contributed by atoms with E-state index < -0.39 is 0 Å². The van der Waals surface area contributed by atoms with Crippen LogP contribution in [0.15, 0.2) is 60.7 Å². The van der Waals surface area contributed by atoms with Gasteiger partial charge in [-0.3, -0.25) is 0 Å². The molecule has 0 spiro atoms. The van der Waals surface area contributed by atoms with Crippen molar-refractivity contribution in [2.45, 2.75) is 0 Å². The predicted octanol–water partition coefficient (Wildman–Crippen LogP) is -0.106. The third-order valence-corrected chi connectivity index (χ3v) is 1.16. The molecular weight excluding hydrogens is 259 g/mol. The van der Waals surface area contributed by atoms with Crippen LogP contribution in [0.5, 0.6) is 0 Å². The smallest absolute Gasteiger partial charge is 1.00 e. The van der Waals surface area contributed by atoms with Gasteiger partial charge in [0.15, 0.2) is 0 Å². The summed E-state index contributed by atoms with van der Waals surface area (Å²) in [7, 11) is 0. The fraction of sp³-hybridized carbons (Fsp3) is 0. The summed E-state index contributed by atoms with van der Waals surface area (Å²) in [6, 6.07) is 22.5. The van der Waals surface area contributed by atoms with Crippen LogP contribution < -0.4 is 12.4 Å². The second-order valence-electron chi connectivity index (χ2n) is 2.04. The van der Waals surface area contributed by atoms with Gasteiger partial charge in [0.1, 0.15) is 0 Å². The molecule has 65 valence electrons. The molecule has 0 nitrogen and oxygen atoms in total. The Labute approximate surface area is 105 Å². The number of rotatable bonds is 0. The van der Waals surface area contributed by atoms with E-state index in [0.29, 0.717) is 0 Å². The Balaban J connectivity index is 0. The van der Waals surface area contributed by atoms with E-state index >= 15 is 0 Å². The minimum Gasteiger partial charge on any atom is -1.00 e. The van der Waals surface area contributed by atoms with Crippen LogP contribution >= 0.6 is 0 Å². The van der Waals surface area contributed by atoms with Crippen molar-refractivity contribution >= 4 is 0 Å². The molecule has 0 unspecified atom stereocenters. The Morgan fingerprint density at radius 2 is 1.31 bits per heavy atom. The molecular formula is C11H10ClZr. The van der Waals surface area contributed by atoms with Gasteiger partial charge < -0.3 is 12.4 Å². The standard InChI is InChI=1S/C6H5.C5H5.ClH.Zr/c1-2-4-6-5-3-1;1-2-4-5-3-1;;/h1-5H;1-5H;1H;/q2*-1;;+3/p-1. The molecule has 2 aromatic rings. The van der Waals surface area contributed by atoms with Gasteiger partial charge in [0.05, 0.1) is 0 Å². The van der Waals surface area contributed by atoms with E-state index in [-0.39, 0.29) is 38.6 Å². The third-order valence-electron chi connectivity index (χ3n) is 1.16. The molecule has 0 saturated heterocycles. The van der Waals surface area contributed by atoms with Crippen molar-refractivity contribution in [3.63, 3.8) is 0 Å². The normalized spacial score (nSPS) is 6.77. The molecule has 0 aliphatic rings. The van der Waals surface area contributed by atoms with E-state index in [1.54, 1.807) is 0 Å². The maximum absolute atomic E-state index is 2.89. The van der Waals surface area contributed by atoms with E-state index in [4.69, 9.17) is 0 Å². The van der Waals surface area contributed by atoms with Gasteiger partial charge >= 0.3 is 26.2 Å². The molecule has 1 radical (unpaired) electrons. The summed E-state index contributed by atoms with van der Waals surface area (Å²) in [6.45, 7) is 0. The zero-order valence-corrected chi connectivity index (χ0v) is 10.4. The predicted molar refractivity (Wildman–Crippen MR) is 47.3 cm³/mol. The summed E-state index contributed by atoms with van der Waals surface area (Å²) in [4.78, 5) is 0. The summed E-state index contributed by atoms with van der Waals surface area (Å²) >= 11 is 0. The van der Waals surface area contributed by atoms with Crippen molar-refractivity contribution in [1.29, 1.82) is 0 Å². The van der Waals surface area contributed by atoms with Gasteiger partial charge in [0.25, 0.3) is 0 Å². The quantitative estimate of drug-likeness (QED) is 0.585. The van der Waals surface area contributed by atoms with Crippen molar-refractivity contribution < 1.29 is 38.6 Å². The Morgan fingerprint density at radius 1 is 0.769 bits per heavy atom. The topological polar surface area (TPSA) is 0 Å². The molecule has 0 saturated carbocycles. The minimum atomic E-state index is 0. The Kier molecular flexibility index (Phi) is 13.8. The summed E-state index contributed by atoms with van der Waals surface area (Å²) in [5.74, 6) is 0. The maximum Gasteiger partial charge on any atom is 3.00 e. The van der Waals surface area contributed by atoms with E-state index in [9.17, 15) is 0 Å². The van der Waals surface area contributed by atoms with Crippen LogP contribution in [-0.4, -0.2) is 0 Å². The monoisotopic (exact) mass is 267 g/mol. The number of hydrogen-bond donors (Lipinski definition) is 0. The zero-order chi connectivity index (χ0) is 7.78. The number of halogens is 1. The largest absolute Gasteiger partial charge is 3.00 e. The van der Waals surface area contributed by atoms with Crippen molar-refractivity contribution in [2.75, 3.05) is 0 Å². The average Bonchev–Trinajstić information content (AvgIpc) is 2.64. The number of hydrogen-bond acceptors (Lipinski definition) is 0. The SMILES string of the molecule is [Cl-].[Zr+3].[c-]1ccccc1.c1cc[cH-]c1. The molecule has 0 amide bonds. The molecule has 0 N–H and O–H groups in total. The van der Waals surface area contributed by atoms with Crippen molar-refractivity contribution in [2.24, 2.45) is 0 Å². The molecule has 0 aromatic heterocycles. The van der Waals surface area contributed by atoms with E-state index in [0.717, 1.165) is 0 Å². The van der Waals surface area contributed by atoms with Crippen LogP contribution in [0.4, 0.5) is 0 Å². The van der Waals surface area contributed by atoms with E-state index in [1.807, 2.05) is 60.7 Å². The summed E-state index contributed by atoms with van der Waals surface area (Å²) in [5, 5.41) is 0. The van der Waals surface area contributed by atoms with Crippen molar-refractivity contribution in [3.05, 3.63) is 66.7 Å². The molecule has 0 fully saturated rings. The van der Waals surface area contributed by atoms with Crippen LogP contribution in [0.1, 0.15) is 0 Å². The summed E-state index contributed by atoms with van der Waals surface area (Å²) in [6.07, 6.45) is 0. The molecule has 0 atom stereocenters. The Hall–Kier alpha value is -0.257. The van der Waals surface area contributed by atoms with Gasteiger partial charge in [-0.15, -0.1) is 0 Å². The van der Waals surface area contributed by atoms with Gasteiger partial charge in [-0.2, -0.15) is 54.6 Å². The van der Waals surface area contributed by atoms with E-state index in [1.165, 1.54) is 0 Å². The second kappa shape index (κ2) is 11.7. The van der Waals surface area contributed by atoms with Crippen LogP contribution in [0.3, 0.4) is 0 Å². The molecule has 2 aromatic carbocycles. The molecule has 0 aliphatic heterocycles. The van der Waals surface area contributed by atoms with Gasteiger partial charge in [0, 0.05) is 0 Å². The molecule has 2 heteroatoms. The molecule has 0 aliphatic carbocycles. The summed E-state index contributed by atoms with van der Waals surface area (Å²) < 4.78 is 0. The van der Waals surface area contributed by atoms with Crippen LogP contribution in [0.25, 0.3) is 0 Å². The van der Waals surface area contributed by atoms with Crippen molar-refractivity contribution in [3.8, 4) is 0 Å². The minimum absolute atomic E-state index is 0. The fourth-order valence-electron chi connectivity index (χ4n) is 0.663. The first kappa shape index (κ1) is 15.2. The summed E-state index contributed by atoms with van der Waals surface area (Å²) in [5.41, 5.74) is 0. The first-order valence-electron chi connectivity index (χ1n) is 3.58. The number of benzene rings is 1. The maximum atomic E-state index is 2.89. The van der Waals surface area contributed by atoms with E-state index in [2.05, 4.69) is 6.07 Å².